The zero-order chi connectivity index (χ0) is 10.9. The van der Waals surface area contributed by atoms with E-state index in [4.69, 9.17) is 10.5 Å². The summed E-state index contributed by atoms with van der Waals surface area (Å²) in [6, 6.07) is 0. The van der Waals surface area contributed by atoms with Gasteiger partial charge in [0.15, 0.2) is 0 Å². The minimum absolute atomic E-state index is 0.209. The molecule has 2 rings (SSSR count). The molecule has 1 amide bonds. The van der Waals surface area contributed by atoms with Crippen LogP contribution in [0.25, 0.3) is 0 Å². The third kappa shape index (κ3) is 2.48. The Morgan fingerprint density at radius 2 is 2.40 bits per heavy atom. The molecule has 0 radical (unpaired) electrons. The lowest BCUT2D eigenvalue weighted by Gasteiger charge is -2.21. The molecule has 1 heterocycles. The van der Waals surface area contributed by atoms with Gasteiger partial charge in [0.05, 0.1) is 12.7 Å². The van der Waals surface area contributed by atoms with Gasteiger partial charge in [0.25, 0.3) is 0 Å². The van der Waals surface area contributed by atoms with E-state index in [1.807, 2.05) is 0 Å². The Labute approximate surface area is 89.0 Å². The van der Waals surface area contributed by atoms with Gasteiger partial charge in [0, 0.05) is 13.2 Å². The van der Waals surface area contributed by atoms with Gasteiger partial charge < -0.3 is 20.9 Å². The van der Waals surface area contributed by atoms with E-state index < -0.39 is 11.6 Å². The summed E-state index contributed by atoms with van der Waals surface area (Å²) in [5.74, 6) is 0.165. The summed E-state index contributed by atoms with van der Waals surface area (Å²) in [5.41, 5.74) is 4.98. The summed E-state index contributed by atoms with van der Waals surface area (Å²) in [6.07, 6.45) is 2.26. The fourth-order valence-corrected chi connectivity index (χ4v) is 1.78. The summed E-state index contributed by atoms with van der Waals surface area (Å²) in [5, 5.41) is 12.3. The second-order valence-electron chi connectivity index (χ2n) is 4.57. The molecule has 1 aliphatic heterocycles. The molecule has 5 heteroatoms. The topological polar surface area (TPSA) is 84.6 Å². The molecule has 1 saturated carbocycles. The normalized spacial score (nSPS) is 32.7. The maximum atomic E-state index is 11.7. The molecular weight excluding hydrogens is 196 g/mol. The Morgan fingerprint density at radius 1 is 1.67 bits per heavy atom. The molecule has 0 aromatic heterocycles. The van der Waals surface area contributed by atoms with Crippen LogP contribution in [-0.4, -0.2) is 42.4 Å². The summed E-state index contributed by atoms with van der Waals surface area (Å²) < 4.78 is 5.10. The molecule has 0 aromatic rings. The average Bonchev–Trinajstić information content (AvgIpc) is 2.98. The zero-order valence-electron chi connectivity index (χ0n) is 8.74. The molecule has 4 N–H and O–H groups in total. The number of amides is 1. The fourth-order valence-electron chi connectivity index (χ4n) is 1.78. The number of ether oxygens (including phenoxy) is 1. The Bertz CT molecular complexity index is 247. The van der Waals surface area contributed by atoms with E-state index in [2.05, 4.69) is 5.32 Å². The highest BCUT2D eigenvalue weighted by atomic mass is 16.5. The maximum absolute atomic E-state index is 11.7. The van der Waals surface area contributed by atoms with Crippen molar-refractivity contribution in [3.05, 3.63) is 0 Å². The van der Waals surface area contributed by atoms with E-state index in [-0.39, 0.29) is 12.5 Å². The number of carbonyl (C=O) groups excluding carboxylic acids is 1. The predicted molar refractivity (Wildman–Crippen MR) is 54.1 cm³/mol. The van der Waals surface area contributed by atoms with E-state index in [9.17, 15) is 9.90 Å². The largest absolute Gasteiger partial charge is 0.391 e. The first kappa shape index (κ1) is 10.9. The van der Waals surface area contributed by atoms with Crippen LogP contribution in [0.15, 0.2) is 0 Å². The molecular formula is C10H18N2O3. The molecule has 0 spiro atoms. The lowest BCUT2D eigenvalue weighted by molar-refractivity contribution is -0.126. The van der Waals surface area contributed by atoms with E-state index in [1.54, 1.807) is 0 Å². The molecule has 1 aliphatic carbocycles. The first-order chi connectivity index (χ1) is 7.12. The first-order valence-corrected chi connectivity index (χ1v) is 5.45. The van der Waals surface area contributed by atoms with E-state index in [1.165, 1.54) is 0 Å². The average molecular weight is 214 g/mol. The van der Waals surface area contributed by atoms with Crippen molar-refractivity contribution in [1.82, 2.24) is 5.32 Å². The van der Waals surface area contributed by atoms with Crippen LogP contribution in [0.5, 0.6) is 0 Å². The lowest BCUT2D eigenvalue weighted by atomic mass is 9.99. The van der Waals surface area contributed by atoms with Crippen molar-refractivity contribution in [2.45, 2.75) is 30.9 Å². The SMILES string of the molecule is NC1(C(=O)NCC(O)C2CC2)CCOC1. The number of hydrogen-bond donors (Lipinski definition) is 3. The Balaban J connectivity index is 1.75. The van der Waals surface area contributed by atoms with Crippen LogP contribution in [0.2, 0.25) is 0 Å². The highest BCUT2D eigenvalue weighted by Gasteiger charge is 2.39. The number of carbonyl (C=O) groups is 1. The van der Waals surface area contributed by atoms with Gasteiger partial charge in [-0.05, 0) is 25.2 Å². The number of aliphatic hydroxyl groups is 1. The quantitative estimate of drug-likeness (QED) is 0.560. The second kappa shape index (κ2) is 4.08. The lowest BCUT2D eigenvalue weighted by Crippen LogP contribution is -2.55. The molecule has 2 fully saturated rings. The molecule has 86 valence electrons. The van der Waals surface area contributed by atoms with Gasteiger partial charge in [-0.15, -0.1) is 0 Å². The molecule has 1 saturated heterocycles. The molecule has 2 atom stereocenters. The molecule has 2 aliphatic rings. The minimum atomic E-state index is -0.886. The summed E-state index contributed by atoms with van der Waals surface area (Å²) >= 11 is 0. The summed E-state index contributed by atoms with van der Waals surface area (Å²) in [6.45, 7) is 1.12. The van der Waals surface area contributed by atoms with Crippen LogP contribution >= 0.6 is 0 Å². The fraction of sp³-hybridized carbons (Fsp3) is 0.900. The number of aliphatic hydroxyl groups excluding tert-OH is 1. The molecule has 15 heavy (non-hydrogen) atoms. The Kier molecular flexibility index (Phi) is 2.95. The second-order valence-corrected chi connectivity index (χ2v) is 4.57. The number of hydrogen-bond acceptors (Lipinski definition) is 4. The highest BCUT2D eigenvalue weighted by Crippen LogP contribution is 2.32. The predicted octanol–water partition coefficient (Wildman–Crippen LogP) is -1.01. The Hall–Kier alpha value is -0.650. The van der Waals surface area contributed by atoms with Crippen molar-refractivity contribution in [2.75, 3.05) is 19.8 Å². The Morgan fingerprint density at radius 3 is 2.93 bits per heavy atom. The van der Waals surface area contributed by atoms with Crippen LogP contribution in [0.1, 0.15) is 19.3 Å². The van der Waals surface area contributed by atoms with E-state index in [0.29, 0.717) is 25.5 Å². The van der Waals surface area contributed by atoms with Gasteiger partial charge in [-0.2, -0.15) is 0 Å². The third-order valence-electron chi connectivity index (χ3n) is 3.14. The molecule has 0 bridgehead atoms. The number of nitrogens with one attached hydrogen (secondary N) is 1. The zero-order valence-corrected chi connectivity index (χ0v) is 8.74. The minimum Gasteiger partial charge on any atom is -0.391 e. The van der Waals surface area contributed by atoms with Gasteiger partial charge >= 0.3 is 0 Å². The maximum Gasteiger partial charge on any atom is 0.242 e. The van der Waals surface area contributed by atoms with Gasteiger partial charge in [0.1, 0.15) is 5.54 Å². The highest BCUT2D eigenvalue weighted by molar-refractivity contribution is 5.86. The van der Waals surface area contributed by atoms with Gasteiger partial charge in [0.2, 0.25) is 5.91 Å². The van der Waals surface area contributed by atoms with Crippen molar-refractivity contribution in [2.24, 2.45) is 11.7 Å². The van der Waals surface area contributed by atoms with Crippen LogP contribution in [0, 0.1) is 5.92 Å². The standard InChI is InChI=1S/C10H18N2O3/c11-10(3-4-15-6-10)9(14)12-5-8(13)7-1-2-7/h7-8,13H,1-6,11H2,(H,12,14). The van der Waals surface area contributed by atoms with Gasteiger partial charge in [-0.25, -0.2) is 0 Å². The van der Waals surface area contributed by atoms with E-state index >= 15 is 0 Å². The smallest absolute Gasteiger partial charge is 0.242 e. The third-order valence-corrected chi connectivity index (χ3v) is 3.14. The van der Waals surface area contributed by atoms with Crippen molar-refractivity contribution >= 4 is 5.91 Å². The van der Waals surface area contributed by atoms with Gasteiger partial charge in [-0.1, -0.05) is 0 Å². The number of nitrogens with two attached hydrogens (primary N) is 1. The summed E-state index contributed by atoms with van der Waals surface area (Å²) in [4.78, 5) is 11.7. The molecule has 2 unspecified atom stereocenters. The van der Waals surface area contributed by atoms with E-state index in [0.717, 1.165) is 12.8 Å². The molecule has 5 nitrogen and oxygen atoms in total. The van der Waals surface area contributed by atoms with Crippen LogP contribution in [0.4, 0.5) is 0 Å². The molecule has 0 aromatic carbocycles. The van der Waals surface area contributed by atoms with Crippen molar-refractivity contribution in [3.8, 4) is 0 Å². The van der Waals surface area contributed by atoms with Crippen molar-refractivity contribution < 1.29 is 14.6 Å². The van der Waals surface area contributed by atoms with Gasteiger partial charge in [-0.3, -0.25) is 4.79 Å². The van der Waals surface area contributed by atoms with Crippen LogP contribution in [-0.2, 0) is 9.53 Å². The van der Waals surface area contributed by atoms with Crippen molar-refractivity contribution in [1.29, 1.82) is 0 Å². The van der Waals surface area contributed by atoms with Crippen molar-refractivity contribution in [3.63, 3.8) is 0 Å². The van der Waals surface area contributed by atoms with Crippen LogP contribution in [0.3, 0.4) is 0 Å². The number of rotatable bonds is 4. The monoisotopic (exact) mass is 214 g/mol. The first-order valence-electron chi connectivity index (χ1n) is 5.45. The van der Waals surface area contributed by atoms with Crippen LogP contribution < -0.4 is 11.1 Å². The summed E-state index contributed by atoms with van der Waals surface area (Å²) in [7, 11) is 0.